The standard InChI is InChI=1S/C16H17NO4/c1-9-11-6-4-3-5-10(11)7-13(20-2)15(9)12-8-14(16(18)19)21-17-12/h7-8H,3-6H2,1-2H3,(H,18,19). The van der Waals surface area contributed by atoms with Crippen molar-refractivity contribution < 1.29 is 19.2 Å². The van der Waals surface area contributed by atoms with Crippen molar-refractivity contribution in [3.05, 3.63) is 34.6 Å². The Morgan fingerprint density at radius 2 is 2.10 bits per heavy atom. The molecule has 1 N–H and O–H groups in total. The van der Waals surface area contributed by atoms with Crippen LogP contribution in [0.1, 0.15) is 40.1 Å². The number of ether oxygens (including phenoxy) is 1. The van der Waals surface area contributed by atoms with Gasteiger partial charge in [0.15, 0.2) is 0 Å². The molecule has 0 spiro atoms. The molecule has 1 aliphatic rings. The predicted molar refractivity (Wildman–Crippen MR) is 76.8 cm³/mol. The molecule has 21 heavy (non-hydrogen) atoms. The molecule has 0 saturated heterocycles. The lowest BCUT2D eigenvalue weighted by atomic mass is 9.85. The zero-order valence-corrected chi connectivity index (χ0v) is 12.1. The highest BCUT2D eigenvalue weighted by Gasteiger charge is 2.22. The van der Waals surface area contributed by atoms with Crippen LogP contribution in [0.15, 0.2) is 16.7 Å². The van der Waals surface area contributed by atoms with Crippen LogP contribution >= 0.6 is 0 Å². The molecule has 2 aromatic rings. The number of fused-ring (bicyclic) bond motifs is 1. The van der Waals surface area contributed by atoms with Crippen molar-refractivity contribution in [2.75, 3.05) is 7.11 Å². The van der Waals surface area contributed by atoms with Crippen molar-refractivity contribution in [3.63, 3.8) is 0 Å². The summed E-state index contributed by atoms with van der Waals surface area (Å²) in [4.78, 5) is 11.0. The summed E-state index contributed by atoms with van der Waals surface area (Å²) in [6.45, 7) is 2.04. The second-order valence-electron chi connectivity index (χ2n) is 5.31. The normalized spacial score (nSPS) is 13.8. The van der Waals surface area contributed by atoms with Gasteiger partial charge in [-0.3, -0.25) is 0 Å². The molecular formula is C16H17NO4. The van der Waals surface area contributed by atoms with E-state index in [2.05, 4.69) is 5.16 Å². The Bertz CT molecular complexity index is 703. The highest BCUT2D eigenvalue weighted by molar-refractivity contribution is 5.86. The molecular weight excluding hydrogens is 270 g/mol. The average Bonchev–Trinajstić information content (AvgIpc) is 2.96. The van der Waals surface area contributed by atoms with E-state index >= 15 is 0 Å². The van der Waals surface area contributed by atoms with Crippen molar-refractivity contribution in [1.82, 2.24) is 5.16 Å². The summed E-state index contributed by atoms with van der Waals surface area (Å²) in [5.74, 6) is -0.564. The van der Waals surface area contributed by atoms with Crippen molar-refractivity contribution in [3.8, 4) is 17.0 Å². The van der Waals surface area contributed by atoms with Crippen LogP contribution in [-0.2, 0) is 12.8 Å². The number of aryl methyl sites for hydroxylation is 1. The smallest absolute Gasteiger partial charge is 0.374 e. The van der Waals surface area contributed by atoms with E-state index in [4.69, 9.17) is 14.4 Å². The lowest BCUT2D eigenvalue weighted by molar-refractivity contribution is 0.0652. The summed E-state index contributed by atoms with van der Waals surface area (Å²) < 4.78 is 10.4. The van der Waals surface area contributed by atoms with Crippen LogP contribution in [0.25, 0.3) is 11.3 Å². The number of aromatic nitrogens is 1. The number of carbonyl (C=O) groups is 1. The zero-order valence-electron chi connectivity index (χ0n) is 12.1. The summed E-state index contributed by atoms with van der Waals surface area (Å²) in [6, 6.07) is 3.49. The number of nitrogens with zero attached hydrogens (tertiary/aromatic N) is 1. The van der Waals surface area contributed by atoms with Crippen LogP contribution in [0, 0.1) is 6.92 Å². The van der Waals surface area contributed by atoms with Gasteiger partial charge in [-0.1, -0.05) is 5.16 Å². The van der Waals surface area contributed by atoms with E-state index in [-0.39, 0.29) is 5.76 Å². The van der Waals surface area contributed by atoms with Crippen molar-refractivity contribution in [2.24, 2.45) is 0 Å². The molecule has 0 bridgehead atoms. The van der Waals surface area contributed by atoms with Gasteiger partial charge in [-0.2, -0.15) is 0 Å². The van der Waals surface area contributed by atoms with E-state index in [0.717, 1.165) is 29.7 Å². The van der Waals surface area contributed by atoms with Gasteiger partial charge in [0.25, 0.3) is 0 Å². The van der Waals surface area contributed by atoms with Crippen LogP contribution < -0.4 is 4.74 Å². The van der Waals surface area contributed by atoms with Gasteiger partial charge in [-0.05, 0) is 55.4 Å². The number of hydrogen-bond acceptors (Lipinski definition) is 4. The third-order valence-electron chi connectivity index (χ3n) is 4.09. The highest BCUT2D eigenvalue weighted by atomic mass is 16.5. The first kappa shape index (κ1) is 13.7. The molecule has 1 heterocycles. The molecule has 5 nitrogen and oxygen atoms in total. The largest absolute Gasteiger partial charge is 0.496 e. The molecule has 0 fully saturated rings. The Balaban J connectivity index is 2.18. The van der Waals surface area contributed by atoms with Gasteiger partial charge in [-0.25, -0.2) is 4.79 Å². The Morgan fingerprint density at radius 3 is 2.76 bits per heavy atom. The Morgan fingerprint density at radius 1 is 1.33 bits per heavy atom. The minimum Gasteiger partial charge on any atom is -0.496 e. The molecule has 1 aromatic heterocycles. The fourth-order valence-corrected chi connectivity index (χ4v) is 3.06. The topological polar surface area (TPSA) is 72.6 Å². The molecule has 0 radical (unpaired) electrons. The highest BCUT2D eigenvalue weighted by Crippen LogP contribution is 2.39. The Kier molecular flexibility index (Phi) is 3.41. The summed E-state index contributed by atoms with van der Waals surface area (Å²) in [5.41, 5.74) is 5.09. The van der Waals surface area contributed by atoms with E-state index in [9.17, 15) is 4.79 Å². The monoisotopic (exact) mass is 287 g/mol. The van der Waals surface area contributed by atoms with Crippen molar-refractivity contribution in [2.45, 2.75) is 32.6 Å². The third kappa shape index (κ3) is 2.28. The second kappa shape index (κ2) is 5.24. The summed E-state index contributed by atoms with van der Waals surface area (Å²) in [6.07, 6.45) is 4.48. The maximum atomic E-state index is 11.0. The number of aromatic carboxylic acids is 1. The second-order valence-corrected chi connectivity index (χ2v) is 5.31. The lowest BCUT2D eigenvalue weighted by Gasteiger charge is -2.22. The van der Waals surface area contributed by atoms with Crippen LogP contribution in [0.4, 0.5) is 0 Å². The van der Waals surface area contributed by atoms with E-state index < -0.39 is 5.97 Å². The Hall–Kier alpha value is -2.30. The molecule has 0 unspecified atom stereocenters. The van der Waals surface area contributed by atoms with Gasteiger partial charge in [0.1, 0.15) is 11.4 Å². The Labute approximate surface area is 122 Å². The first-order valence-electron chi connectivity index (χ1n) is 7.01. The van der Waals surface area contributed by atoms with Gasteiger partial charge in [0.05, 0.1) is 7.11 Å². The summed E-state index contributed by atoms with van der Waals surface area (Å²) in [7, 11) is 1.62. The minimum absolute atomic E-state index is 0.163. The van der Waals surface area contributed by atoms with Crippen LogP contribution in [-0.4, -0.2) is 23.3 Å². The SMILES string of the molecule is COc1cc2c(c(C)c1-c1cc(C(=O)O)on1)CCCC2. The van der Waals surface area contributed by atoms with Crippen LogP contribution in [0.2, 0.25) is 0 Å². The third-order valence-corrected chi connectivity index (χ3v) is 4.09. The molecule has 3 rings (SSSR count). The number of methoxy groups -OCH3 is 1. The van der Waals surface area contributed by atoms with Gasteiger partial charge < -0.3 is 14.4 Å². The van der Waals surface area contributed by atoms with Crippen LogP contribution in [0.5, 0.6) is 5.75 Å². The fourth-order valence-electron chi connectivity index (χ4n) is 3.06. The van der Waals surface area contributed by atoms with E-state index in [1.807, 2.05) is 13.0 Å². The fraction of sp³-hybridized carbons (Fsp3) is 0.375. The molecule has 0 amide bonds. The first-order chi connectivity index (χ1) is 10.1. The minimum atomic E-state index is -1.12. The number of rotatable bonds is 3. The summed E-state index contributed by atoms with van der Waals surface area (Å²) in [5, 5.41) is 12.9. The maximum Gasteiger partial charge on any atom is 0.374 e. The number of carboxylic acids is 1. The molecule has 5 heteroatoms. The molecule has 0 aliphatic heterocycles. The van der Waals surface area contributed by atoms with Gasteiger partial charge in [-0.15, -0.1) is 0 Å². The average molecular weight is 287 g/mol. The zero-order chi connectivity index (χ0) is 15.0. The van der Waals surface area contributed by atoms with E-state index in [1.54, 1.807) is 7.11 Å². The van der Waals surface area contributed by atoms with Gasteiger partial charge in [0.2, 0.25) is 5.76 Å². The molecule has 1 aromatic carbocycles. The maximum absolute atomic E-state index is 11.0. The molecule has 1 aliphatic carbocycles. The first-order valence-corrected chi connectivity index (χ1v) is 7.01. The van der Waals surface area contributed by atoms with Crippen molar-refractivity contribution in [1.29, 1.82) is 0 Å². The number of carboxylic acid groups (broad SMARTS) is 1. The van der Waals surface area contributed by atoms with Crippen LogP contribution in [0.3, 0.4) is 0 Å². The predicted octanol–water partition coefficient (Wildman–Crippen LogP) is 3.24. The molecule has 110 valence electrons. The number of benzene rings is 1. The summed E-state index contributed by atoms with van der Waals surface area (Å²) >= 11 is 0. The molecule has 0 atom stereocenters. The van der Waals surface area contributed by atoms with E-state index in [1.165, 1.54) is 30.0 Å². The van der Waals surface area contributed by atoms with Gasteiger partial charge in [0, 0.05) is 11.6 Å². The lowest BCUT2D eigenvalue weighted by Crippen LogP contribution is -2.07. The van der Waals surface area contributed by atoms with Crippen molar-refractivity contribution >= 4 is 5.97 Å². The quantitative estimate of drug-likeness (QED) is 0.938. The van der Waals surface area contributed by atoms with Gasteiger partial charge >= 0.3 is 5.97 Å². The number of hydrogen-bond donors (Lipinski definition) is 1. The molecule has 0 saturated carbocycles. The van der Waals surface area contributed by atoms with E-state index in [0.29, 0.717) is 5.69 Å².